The van der Waals surface area contributed by atoms with Gasteiger partial charge in [0.1, 0.15) is 0 Å². The summed E-state index contributed by atoms with van der Waals surface area (Å²) in [6.45, 7) is 6.94. The zero-order chi connectivity index (χ0) is 20.3. The van der Waals surface area contributed by atoms with Gasteiger partial charge in [-0.1, -0.05) is 18.2 Å². The first kappa shape index (κ1) is 25.5. The predicted octanol–water partition coefficient (Wildman–Crippen LogP) is 3.43. The summed E-state index contributed by atoms with van der Waals surface area (Å²) in [6, 6.07) is 9.61. The van der Waals surface area contributed by atoms with Gasteiger partial charge in [0.05, 0.1) is 36.2 Å². The Morgan fingerprint density at radius 1 is 1.23 bits per heavy atom. The van der Waals surface area contributed by atoms with E-state index in [0.717, 1.165) is 63.0 Å². The predicted molar refractivity (Wildman–Crippen MR) is 133 cm³/mol. The highest BCUT2D eigenvalue weighted by Gasteiger charge is 2.23. The number of hydrogen-bond acceptors (Lipinski definition) is 4. The van der Waals surface area contributed by atoms with Crippen LogP contribution in [0.5, 0.6) is 0 Å². The lowest BCUT2D eigenvalue weighted by Crippen LogP contribution is -2.47. The molecule has 2 saturated heterocycles. The summed E-state index contributed by atoms with van der Waals surface area (Å²) in [5.74, 6) is 1.46. The number of nitrogens with one attached hydrogen (secondary N) is 1. The Labute approximate surface area is 200 Å². The molecule has 0 spiro atoms. The third-order valence-electron chi connectivity index (χ3n) is 5.41. The van der Waals surface area contributed by atoms with Crippen molar-refractivity contribution in [3.63, 3.8) is 0 Å². The SMILES string of the molecule is CCNC(=NCCS(=O)c1ccccc1)N1CCC(OCC2CCCCO2)CC1.I. The van der Waals surface area contributed by atoms with Gasteiger partial charge in [-0.2, -0.15) is 0 Å². The summed E-state index contributed by atoms with van der Waals surface area (Å²) in [5.41, 5.74) is 0. The zero-order valence-electron chi connectivity index (χ0n) is 18.0. The molecule has 2 aliphatic rings. The number of halogens is 1. The minimum atomic E-state index is -1.01. The van der Waals surface area contributed by atoms with E-state index in [-0.39, 0.29) is 30.1 Å². The van der Waals surface area contributed by atoms with Crippen molar-refractivity contribution in [2.45, 2.75) is 56.1 Å². The largest absolute Gasteiger partial charge is 0.376 e. The van der Waals surface area contributed by atoms with Gasteiger partial charge in [0, 0.05) is 36.9 Å². The van der Waals surface area contributed by atoms with E-state index in [0.29, 0.717) is 18.4 Å². The lowest BCUT2D eigenvalue weighted by atomic mass is 10.1. The summed E-state index contributed by atoms with van der Waals surface area (Å²) in [6.07, 6.45) is 6.17. The molecule has 6 nitrogen and oxygen atoms in total. The van der Waals surface area contributed by atoms with Crippen LogP contribution in [0.1, 0.15) is 39.0 Å². The van der Waals surface area contributed by atoms with Crippen LogP contribution >= 0.6 is 24.0 Å². The van der Waals surface area contributed by atoms with E-state index < -0.39 is 10.8 Å². The van der Waals surface area contributed by atoms with Crippen molar-refractivity contribution in [1.82, 2.24) is 10.2 Å². The second kappa shape index (κ2) is 14.4. The molecule has 3 rings (SSSR count). The van der Waals surface area contributed by atoms with Crippen LogP contribution in [0.2, 0.25) is 0 Å². The Hall–Kier alpha value is -0.710. The standard InChI is InChI=1S/C22H35N3O3S.HI/c1-2-23-22(24-13-17-29(26)21-9-4-3-5-10-21)25-14-11-19(12-15-25)28-18-20-8-6-7-16-27-20;/h3-5,9-10,19-20H,2,6-8,11-18H2,1H3,(H,23,24);1H. The number of nitrogens with zero attached hydrogens (tertiary/aromatic N) is 2. The summed E-state index contributed by atoms with van der Waals surface area (Å²) >= 11 is 0. The molecule has 0 amide bonds. The summed E-state index contributed by atoms with van der Waals surface area (Å²) in [7, 11) is -1.01. The normalized spacial score (nSPS) is 21.7. The van der Waals surface area contributed by atoms with E-state index in [1.54, 1.807) is 0 Å². The van der Waals surface area contributed by atoms with E-state index in [2.05, 4.69) is 17.1 Å². The molecule has 30 heavy (non-hydrogen) atoms. The lowest BCUT2D eigenvalue weighted by molar-refractivity contribution is -0.0721. The fraction of sp³-hybridized carbons (Fsp3) is 0.682. The Bertz CT molecular complexity index is 648. The van der Waals surface area contributed by atoms with Gasteiger partial charge in [-0.15, -0.1) is 24.0 Å². The maximum absolute atomic E-state index is 12.4. The Morgan fingerprint density at radius 2 is 2.00 bits per heavy atom. The number of benzene rings is 1. The number of aliphatic imine (C=N–C) groups is 1. The van der Waals surface area contributed by atoms with Gasteiger partial charge in [-0.05, 0) is 51.2 Å². The van der Waals surface area contributed by atoms with Gasteiger partial charge in [0.25, 0.3) is 0 Å². The molecule has 1 aromatic carbocycles. The van der Waals surface area contributed by atoms with Crippen molar-refractivity contribution < 1.29 is 13.7 Å². The number of rotatable bonds is 8. The van der Waals surface area contributed by atoms with Crippen molar-refractivity contribution in [2.24, 2.45) is 4.99 Å². The minimum absolute atomic E-state index is 0. The van der Waals surface area contributed by atoms with E-state index in [1.165, 1.54) is 12.8 Å². The van der Waals surface area contributed by atoms with Crippen LogP contribution in [0.25, 0.3) is 0 Å². The van der Waals surface area contributed by atoms with E-state index in [4.69, 9.17) is 14.5 Å². The molecule has 2 unspecified atom stereocenters. The smallest absolute Gasteiger partial charge is 0.193 e. The van der Waals surface area contributed by atoms with Crippen molar-refractivity contribution in [3.8, 4) is 0 Å². The first-order valence-electron chi connectivity index (χ1n) is 11.0. The lowest BCUT2D eigenvalue weighted by Gasteiger charge is -2.35. The summed E-state index contributed by atoms with van der Waals surface area (Å²) in [4.78, 5) is 7.89. The molecule has 1 N–H and O–H groups in total. The molecule has 0 saturated carbocycles. The molecular formula is C22H36IN3O3S. The number of hydrogen-bond donors (Lipinski definition) is 1. The molecule has 0 aliphatic carbocycles. The molecule has 1 aromatic rings. The monoisotopic (exact) mass is 549 g/mol. The van der Waals surface area contributed by atoms with Gasteiger partial charge in [-0.25, -0.2) is 0 Å². The Morgan fingerprint density at radius 3 is 2.67 bits per heavy atom. The number of guanidine groups is 1. The fourth-order valence-corrected chi connectivity index (χ4v) is 4.72. The van der Waals surface area contributed by atoms with Gasteiger partial charge >= 0.3 is 0 Å². The number of piperidine rings is 1. The van der Waals surface area contributed by atoms with Crippen molar-refractivity contribution in [3.05, 3.63) is 30.3 Å². The first-order valence-corrected chi connectivity index (χ1v) is 12.3. The second-order valence-corrected chi connectivity index (χ2v) is 9.18. The fourth-order valence-electron chi connectivity index (χ4n) is 3.77. The number of ether oxygens (including phenoxy) is 2. The summed E-state index contributed by atoms with van der Waals surface area (Å²) in [5, 5.41) is 3.38. The maximum atomic E-state index is 12.4. The van der Waals surface area contributed by atoms with Crippen LogP contribution in [0.15, 0.2) is 40.2 Å². The topological polar surface area (TPSA) is 63.2 Å². The van der Waals surface area contributed by atoms with Crippen LogP contribution in [-0.2, 0) is 20.3 Å². The highest BCUT2D eigenvalue weighted by atomic mass is 127. The summed E-state index contributed by atoms with van der Waals surface area (Å²) < 4.78 is 24.3. The zero-order valence-corrected chi connectivity index (χ0v) is 21.1. The molecule has 2 atom stereocenters. The molecule has 0 aromatic heterocycles. The third kappa shape index (κ3) is 8.43. The minimum Gasteiger partial charge on any atom is -0.376 e. The average molecular weight is 550 g/mol. The quantitative estimate of drug-likeness (QED) is 0.306. The molecule has 2 heterocycles. The molecule has 2 fully saturated rings. The van der Waals surface area contributed by atoms with Crippen LogP contribution in [0, 0.1) is 0 Å². The van der Waals surface area contributed by atoms with Crippen LogP contribution in [-0.4, -0.2) is 72.4 Å². The Balaban J connectivity index is 0.00000320. The molecule has 0 radical (unpaired) electrons. The van der Waals surface area contributed by atoms with E-state index in [9.17, 15) is 4.21 Å². The van der Waals surface area contributed by atoms with E-state index >= 15 is 0 Å². The average Bonchev–Trinajstić information content (AvgIpc) is 2.79. The molecular weight excluding hydrogens is 513 g/mol. The Kier molecular flexibility index (Phi) is 12.2. The van der Waals surface area contributed by atoms with Crippen LogP contribution < -0.4 is 5.32 Å². The second-order valence-electron chi connectivity index (χ2n) is 7.61. The van der Waals surface area contributed by atoms with Crippen LogP contribution in [0.4, 0.5) is 0 Å². The van der Waals surface area contributed by atoms with Gasteiger partial charge < -0.3 is 19.7 Å². The molecule has 170 valence electrons. The van der Waals surface area contributed by atoms with Gasteiger partial charge in [0.15, 0.2) is 5.96 Å². The van der Waals surface area contributed by atoms with Gasteiger partial charge in [0.2, 0.25) is 0 Å². The van der Waals surface area contributed by atoms with Gasteiger partial charge in [-0.3, -0.25) is 9.20 Å². The van der Waals surface area contributed by atoms with Crippen molar-refractivity contribution in [1.29, 1.82) is 0 Å². The highest BCUT2D eigenvalue weighted by molar-refractivity contribution is 14.0. The maximum Gasteiger partial charge on any atom is 0.193 e. The highest BCUT2D eigenvalue weighted by Crippen LogP contribution is 2.18. The van der Waals surface area contributed by atoms with Crippen molar-refractivity contribution >= 4 is 40.7 Å². The van der Waals surface area contributed by atoms with Crippen LogP contribution in [0.3, 0.4) is 0 Å². The third-order valence-corrected chi connectivity index (χ3v) is 6.76. The molecule has 2 aliphatic heterocycles. The molecule has 8 heteroatoms. The number of likely N-dealkylation sites (tertiary alicyclic amines) is 1. The first-order chi connectivity index (χ1) is 14.3. The van der Waals surface area contributed by atoms with E-state index in [1.807, 2.05) is 30.3 Å². The van der Waals surface area contributed by atoms with Crippen molar-refractivity contribution in [2.75, 3.05) is 45.1 Å². The molecule has 0 bridgehead atoms.